The average Bonchev–Trinajstić information content (AvgIpc) is 3.02. The van der Waals surface area contributed by atoms with Crippen molar-refractivity contribution in [2.24, 2.45) is 5.92 Å². The summed E-state index contributed by atoms with van der Waals surface area (Å²) in [5.41, 5.74) is 0.603. The van der Waals surface area contributed by atoms with E-state index in [0.717, 1.165) is 25.1 Å². The highest BCUT2D eigenvalue weighted by Gasteiger charge is 2.47. The second kappa shape index (κ2) is 4.98. The largest absolute Gasteiger partial charge is 0.508 e. The van der Waals surface area contributed by atoms with Crippen molar-refractivity contribution in [3.63, 3.8) is 0 Å². The molecule has 2 heterocycles. The Morgan fingerprint density at radius 2 is 2.20 bits per heavy atom. The van der Waals surface area contributed by atoms with Gasteiger partial charge >= 0.3 is 6.09 Å². The Hall–Kier alpha value is -1.75. The van der Waals surface area contributed by atoms with Gasteiger partial charge in [-0.2, -0.15) is 0 Å². The standard InChI is InChI=1S/C15H20N2O3/c1-15(12-6-7-16-8-12)10-17(14(19)20-15)9-11-2-4-13(18)5-3-11/h2-5,12,16,18H,6-10H2,1H3. The summed E-state index contributed by atoms with van der Waals surface area (Å²) in [5.74, 6) is 0.621. The lowest BCUT2D eigenvalue weighted by Gasteiger charge is -2.28. The molecule has 0 bridgehead atoms. The highest BCUT2D eigenvalue weighted by Crippen LogP contribution is 2.34. The molecule has 0 aliphatic carbocycles. The molecule has 2 saturated heterocycles. The zero-order valence-electron chi connectivity index (χ0n) is 11.6. The molecular formula is C15H20N2O3. The van der Waals surface area contributed by atoms with E-state index in [2.05, 4.69) is 5.32 Å². The number of hydrogen-bond acceptors (Lipinski definition) is 4. The van der Waals surface area contributed by atoms with Crippen LogP contribution in [0.3, 0.4) is 0 Å². The molecule has 20 heavy (non-hydrogen) atoms. The number of nitrogens with one attached hydrogen (secondary N) is 1. The number of rotatable bonds is 3. The maximum atomic E-state index is 12.1. The first-order chi connectivity index (χ1) is 9.57. The van der Waals surface area contributed by atoms with Crippen LogP contribution in [0.25, 0.3) is 0 Å². The molecule has 2 N–H and O–H groups in total. The van der Waals surface area contributed by atoms with E-state index >= 15 is 0 Å². The number of aromatic hydroxyl groups is 1. The van der Waals surface area contributed by atoms with Crippen molar-refractivity contribution in [3.05, 3.63) is 29.8 Å². The lowest BCUT2D eigenvalue weighted by atomic mass is 9.88. The Morgan fingerprint density at radius 3 is 2.85 bits per heavy atom. The van der Waals surface area contributed by atoms with Crippen molar-refractivity contribution in [2.45, 2.75) is 25.5 Å². The summed E-state index contributed by atoms with van der Waals surface area (Å²) in [6, 6.07) is 6.93. The van der Waals surface area contributed by atoms with Crippen molar-refractivity contribution in [2.75, 3.05) is 19.6 Å². The quantitative estimate of drug-likeness (QED) is 0.882. The van der Waals surface area contributed by atoms with Crippen LogP contribution in [0.2, 0.25) is 0 Å². The first kappa shape index (κ1) is 13.2. The van der Waals surface area contributed by atoms with Gasteiger partial charge in [0, 0.05) is 19.0 Å². The van der Waals surface area contributed by atoms with E-state index < -0.39 is 5.60 Å². The Balaban J connectivity index is 1.69. The monoisotopic (exact) mass is 276 g/mol. The minimum Gasteiger partial charge on any atom is -0.508 e. The van der Waals surface area contributed by atoms with E-state index in [1.165, 1.54) is 0 Å². The number of phenols is 1. The van der Waals surface area contributed by atoms with Gasteiger partial charge in [-0.25, -0.2) is 4.79 Å². The molecule has 5 nitrogen and oxygen atoms in total. The molecule has 0 saturated carbocycles. The van der Waals surface area contributed by atoms with E-state index in [1.54, 1.807) is 17.0 Å². The maximum Gasteiger partial charge on any atom is 0.410 e. The number of phenolic OH excluding ortho intramolecular Hbond substituents is 1. The Bertz CT molecular complexity index is 496. The maximum absolute atomic E-state index is 12.1. The summed E-state index contributed by atoms with van der Waals surface area (Å²) in [4.78, 5) is 13.8. The number of nitrogens with zero attached hydrogens (tertiary/aromatic N) is 1. The minimum atomic E-state index is -0.391. The van der Waals surface area contributed by atoms with E-state index in [-0.39, 0.29) is 11.8 Å². The fourth-order valence-electron chi connectivity index (χ4n) is 3.07. The van der Waals surface area contributed by atoms with Crippen LogP contribution < -0.4 is 5.32 Å². The minimum absolute atomic E-state index is 0.236. The molecule has 2 aliphatic heterocycles. The molecule has 2 atom stereocenters. The van der Waals surface area contributed by atoms with Gasteiger partial charge in [0.15, 0.2) is 0 Å². The number of carbonyl (C=O) groups is 1. The van der Waals surface area contributed by atoms with Crippen LogP contribution in [0.5, 0.6) is 5.75 Å². The molecular weight excluding hydrogens is 256 g/mol. The molecule has 3 rings (SSSR count). The van der Waals surface area contributed by atoms with E-state index in [9.17, 15) is 9.90 Å². The summed E-state index contributed by atoms with van der Waals surface area (Å²) in [6.07, 6.45) is 0.809. The first-order valence-electron chi connectivity index (χ1n) is 7.03. The smallest absolute Gasteiger partial charge is 0.410 e. The van der Waals surface area contributed by atoms with Crippen molar-refractivity contribution in [1.29, 1.82) is 0 Å². The van der Waals surface area contributed by atoms with Crippen molar-refractivity contribution >= 4 is 6.09 Å². The van der Waals surface area contributed by atoms with Gasteiger partial charge in [-0.15, -0.1) is 0 Å². The van der Waals surface area contributed by atoms with Gasteiger partial charge in [0.25, 0.3) is 0 Å². The normalized spacial score (nSPS) is 29.8. The van der Waals surface area contributed by atoms with Crippen LogP contribution in [0.4, 0.5) is 4.79 Å². The third kappa shape index (κ3) is 2.45. The van der Waals surface area contributed by atoms with Gasteiger partial charge in [-0.1, -0.05) is 12.1 Å². The fraction of sp³-hybridized carbons (Fsp3) is 0.533. The van der Waals surface area contributed by atoms with Crippen LogP contribution in [0.1, 0.15) is 18.9 Å². The molecule has 0 radical (unpaired) electrons. The van der Waals surface area contributed by atoms with Crippen LogP contribution in [0.15, 0.2) is 24.3 Å². The third-order valence-electron chi connectivity index (χ3n) is 4.32. The van der Waals surface area contributed by atoms with Gasteiger partial charge < -0.3 is 15.2 Å². The summed E-state index contributed by atoms with van der Waals surface area (Å²) >= 11 is 0. The molecule has 5 heteroatoms. The van der Waals surface area contributed by atoms with E-state index in [1.807, 2.05) is 19.1 Å². The number of ether oxygens (including phenoxy) is 1. The highest BCUT2D eigenvalue weighted by atomic mass is 16.6. The van der Waals surface area contributed by atoms with Gasteiger partial charge in [0.1, 0.15) is 11.4 Å². The summed E-state index contributed by atoms with van der Waals surface area (Å²) < 4.78 is 5.64. The molecule has 0 aromatic heterocycles. The Kier molecular flexibility index (Phi) is 3.30. The van der Waals surface area contributed by atoms with Gasteiger partial charge in [-0.3, -0.25) is 4.90 Å². The molecule has 2 unspecified atom stereocenters. The van der Waals surface area contributed by atoms with E-state index in [0.29, 0.717) is 19.0 Å². The number of carbonyl (C=O) groups excluding carboxylic acids is 1. The summed E-state index contributed by atoms with van der Waals surface area (Å²) in [5, 5.41) is 12.6. The lowest BCUT2D eigenvalue weighted by Crippen LogP contribution is -2.40. The number of amides is 1. The van der Waals surface area contributed by atoms with Crippen LogP contribution in [0, 0.1) is 5.92 Å². The molecule has 1 amide bonds. The van der Waals surface area contributed by atoms with Crippen molar-refractivity contribution in [3.8, 4) is 5.75 Å². The summed E-state index contributed by atoms with van der Waals surface area (Å²) in [7, 11) is 0. The van der Waals surface area contributed by atoms with E-state index in [4.69, 9.17) is 4.74 Å². The number of benzene rings is 1. The van der Waals surface area contributed by atoms with Crippen molar-refractivity contribution in [1.82, 2.24) is 10.2 Å². The second-order valence-electron chi connectivity index (χ2n) is 5.89. The zero-order chi connectivity index (χ0) is 14.2. The fourth-order valence-corrected chi connectivity index (χ4v) is 3.07. The highest BCUT2D eigenvalue weighted by molar-refractivity contribution is 5.70. The molecule has 1 aromatic rings. The Morgan fingerprint density at radius 1 is 1.45 bits per heavy atom. The van der Waals surface area contributed by atoms with Crippen LogP contribution in [-0.2, 0) is 11.3 Å². The van der Waals surface area contributed by atoms with Crippen LogP contribution >= 0.6 is 0 Å². The molecule has 2 fully saturated rings. The number of cyclic esters (lactones) is 1. The Labute approximate surface area is 118 Å². The predicted octanol–water partition coefficient (Wildman–Crippen LogP) is 1.71. The molecule has 108 valence electrons. The second-order valence-corrected chi connectivity index (χ2v) is 5.89. The SMILES string of the molecule is CC1(C2CCNC2)CN(Cc2ccc(O)cc2)C(=O)O1. The molecule has 0 spiro atoms. The first-order valence-corrected chi connectivity index (χ1v) is 7.03. The average molecular weight is 276 g/mol. The van der Waals surface area contributed by atoms with Crippen LogP contribution in [-0.4, -0.2) is 41.3 Å². The van der Waals surface area contributed by atoms with Gasteiger partial charge in [-0.05, 0) is 37.6 Å². The molecule has 1 aromatic carbocycles. The predicted molar refractivity (Wildman–Crippen MR) is 74.4 cm³/mol. The summed E-state index contributed by atoms with van der Waals surface area (Å²) in [6.45, 7) is 5.08. The number of hydrogen-bond donors (Lipinski definition) is 2. The zero-order valence-corrected chi connectivity index (χ0v) is 11.6. The topological polar surface area (TPSA) is 61.8 Å². The van der Waals surface area contributed by atoms with Gasteiger partial charge in [0.2, 0.25) is 0 Å². The van der Waals surface area contributed by atoms with Gasteiger partial charge in [0.05, 0.1) is 6.54 Å². The molecule has 2 aliphatic rings. The van der Waals surface area contributed by atoms with Crippen molar-refractivity contribution < 1.29 is 14.6 Å². The lowest BCUT2D eigenvalue weighted by molar-refractivity contribution is 0.0287. The third-order valence-corrected chi connectivity index (χ3v) is 4.32.